The van der Waals surface area contributed by atoms with E-state index in [0.29, 0.717) is 5.56 Å². The Kier molecular flexibility index (Phi) is 2.97. The van der Waals surface area contributed by atoms with E-state index in [-0.39, 0.29) is 5.02 Å². The van der Waals surface area contributed by atoms with Crippen LogP contribution < -0.4 is 0 Å². The molecule has 0 spiro atoms. The summed E-state index contributed by atoms with van der Waals surface area (Å²) in [6.07, 6.45) is 0. The molecule has 58 valence electrons. The average molecular weight is 230 g/mol. The van der Waals surface area contributed by atoms with Crippen molar-refractivity contribution >= 4 is 9.69 Å². The third-order valence-electron chi connectivity index (χ3n) is 1.41. The average Bonchev–Trinajstić information content (AvgIpc) is 1.85. The van der Waals surface area contributed by atoms with Crippen molar-refractivity contribution in [3.63, 3.8) is 0 Å². The van der Waals surface area contributed by atoms with Crippen LogP contribution in [0.1, 0.15) is 5.56 Å². The summed E-state index contributed by atoms with van der Waals surface area (Å²) in [6, 6.07) is 8.63. The van der Waals surface area contributed by atoms with Crippen LogP contribution >= 0.6 is 9.69 Å². The molecule has 1 aromatic carbocycles. The molecule has 0 bridgehead atoms. The van der Waals surface area contributed by atoms with Crippen LogP contribution in [0.4, 0.5) is 6.63 Å². The molecule has 0 aliphatic rings. The van der Waals surface area contributed by atoms with E-state index in [1.54, 1.807) is 30.3 Å². The van der Waals surface area contributed by atoms with Gasteiger partial charge in [0.05, 0.1) is 0 Å². The Morgan fingerprint density at radius 2 is 1.73 bits per heavy atom. The van der Waals surface area contributed by atoms with Crippen molar-refractivity contribution in [1.82, 2.24) is 0 Å². The van der Waals surface area contributed by atoms with E-state index < -0.39 is 14.8 Å². The van der Waals surface area contributed by atoms with Crippen LogP contribution in [0.15, 0.2) is 30.3 Å². The molecule has 0 aliphatic carbocycles. The monoisotopic (exact) mass is 228 g/mol. The predicted octanol–water partition coefficient (Wildman–Crippen LogP) is 3.26. The van der Waals surface area contributed by atoms with Crippen molar-refractivity contribution in [2.45, 2.75) is 5.02 Å². The van der Waals surface area contributed by atoms with E-state index in [1.807, 2.05) is 0 Å². The molecule has 1 aromatic rings. The standard InChI is InChI=1S/C7H7.ClH.2FH.Zn/c1-7-5-3-2-4-6-7;;;;/h2-6H,1H2;3*1H;/q;;;;+3/p-3. The van der Waals surface area contributed by atoms with Gasteiger partial charge in [0.1, 0.15) is 0 Å². The summed E-state index contributed by atoms with van der Waals surface area (Å²) in [5.74, 6) is 0. The molecule has 0 saturated heterocycles. The van der Waals surface area contributed by atoms with E-state index in [9.17, 15) is 6.63 Å². The van der Waals surface area contributed by atoms with Gasteiger partial charge < -0.3 is 0 Å². The Labute approximate surface area is 72.2 Å². The SMILES string of the molecule is [F][Zn]([F])([Cl])[CH2]c1ccccc1. The van der Waals surface area contributed by atoms with E-state index in [1.165, 1.54) is 0 Å². The van der Waals surface area contributed by atoms with E-state index in [4.69, 9.17) is 9.69 Å². The van der Waals surface area contributed by atoms with Crippen LogP contribution in [0.2, 0.25) is 0 Å². The van der Waals surface area contributed by atoms with Gasteiger partial charge in [-0.25, -0.2) is 0 Å². The molecule has 0 unspecified atom stereocenters. The molecule has 0 aliphatic heterocycles. The van der Waals surface area contributed by atoms with Crippen LogP contribution in [0.3, 0.4) is 0 Å². The Balaban J connectivity index is 2.66. The van der Waals surface area contributed by atoms with Crippen molar-refractivity contribution in [3.05, 3.63) is 35.9 Å². The first-order chi connectivity index (χ1) is 5.08. The zero-order valence-corrected chi connectivity index (χ0v) is 9.66. The topological polar surface area (TPSA) is 0 Å². The fraction of sp³-hybridized carbons (Fsp3) is 0.143. The van der Waals surface area contributed by atoms with Gasteiger partial charge in [0.2, 0.25) is 0 Å². The summed E-state index contributed by atoms with van der Waals surface area (Å²) in [5, 5.41) is -0.189. The van der Waals surface area contributed by atoms with Gasteiger partial charge >= 0.3 is 72.0 Å². The predicted molar refractivity (Wildman–Crippen MR) is 38.2 cm³/mol. The first kappa shape index (κ1) is 9.08. The first-order valence-corrected chi connectivity index (χ1v) is 11.8. The van der Waals surface area contributed by atoms with Crippen molar-refractivity contribution < 1.29 is 21.4 Å². The summed E-state index contributed by atoms with van der Waals surface area (Å²) in [6.45, 7) is 0. The number of halogens is 3. The van der Waals surface area contributed by atoms with Crippen molar-refractivity contribution in [2.24, 2.45) is 0 Å². The summed E-state index contributed by atoms with van der Waals surface area (Å²) in [5.41, 5.74) is 0.646. The second kappa shape index (κ2) is 3.60. The number of hydrogen-bond donors (Lipinski definition) is 0. The molecule has 11 heavy (non-hydrogen) atoms. The Bertz CT molecular complexity index is 220. The molecule has 0 radical (unpaired) electrons. The molecule has 0 atom stereocenters. The first-order valence-electron chi connectivity index (χ1n) is 3.57. The van der Waals surface area contributed by atoms with Gasteiger partial charge in [-0.3, -0.25) is 0 Å². The molecule has 0 heterocycles. The third-order valence-corrected chi connectivity index (χ3v) is 4.80. The minimum absolute atomic E-state index is 0.189. The van der Waals surface area contributed by atoms with E-state index >= 15 is 0 Å². The van der Waals surface area contributed by atoms with Crippen LogP contribution in [-0.2, 0) is 19.8 Å². The zero-order chi connectivity index (χ0) is 8.32. The summed E-state index contributed by atoms with van der Waals surface area (Å²) < 4.78 is 24.8. The van der Waals surface area contributed by atoms with Crippen molar-refractivity contribution in [2.75, 3.05) is 0 Å². The molecule has 1 rings (SSSR count). The molecular weight excluding hydrogens is 223 g/mol. The van der Waals surface area contributed by atoms with Crippen molar-refractivity contribution in [3.8, 4) is 0 Å². The van der Waals surface area contributed by atoms with Gasteiger partial charge in [-0.1, -0.05) is 0 Å². The molecule has 0 N–H and O–H groups in total. The fourth-order valence-corrected chi connectivity index (χ4v) is 4.18. The Morgan fingerprint density at radius 1 is 1.18 bits per heavy atom. The fourth-order valence-electron chi connectivity index (χ4n) is 0.972. The molecule has 0 amide bonds. The van der Waals surface area contributed by atoms with Gasteiger partial charge in [0, 0.05) is 0 Å². The van der Waals surface area contributed by atoms with Gasteiger partial charge in [-0.05, 0) is 0 Å². The summed E-state index contributed by atoms with van der Waals surface area (Å²) in [7, 11) is 4.95. The van der Waals surface area contributed by atoms with Crippen LogP contribution in [0, 0.1) is 0 Å². The normalized spacial score (nSPS) is 10.1. The third kappa shape index (κ3) is 3.78. The molecule has 0 aromatic heterocycles. The van der Waals surface area contributed by atoms with Gasteiger partial charge in [-0.15, -0.1) is 0 Å². The molecule has 0 fully saturated rings. The summed E-state index contributed by atoms with van der Waals surface area (Å²) in [4.78, 5) is 0. The number of hydrogen-bond acceptors (Lipinski definition) is 0. The summed E-state index contributed by atoms with van der Waals surface area (Å²) >= 11 is -5.17. The van der Waals surface area contributed by atoms with Gasteiger partial charge in [-0.2, -0.15) is 0 Å². The molecule has 0 nitrogen and oxygen atoms in total. The second-order valence-electron chi connectivity index (χ2n) is 2.61. The van der Waals surface area contributed by atoms with Gasteiger partial charge in [0.15, 0.2) is 0 Å². The van der Waals surface area contributed by atoms with Crippen molar-refractivity contribution in [1.29, 1.82) is 0 Å². The van der Waals surface area contributed by atoms with E-state index in [2.05, 4.69) is 0 Å². The second-order valence-corrected chi connectivity index (χ2v) is 11.4. The van der Waals surface area contributed by atoms with Gasteiger partial charge in [0.25, 0.3) is 0 Å². The molecule has 0 saturated carbocycles. The van der Waals surface area contributed by atoms with Crippen LogP contribution in [-0.4, -0.2) is 0 Å². The number of benzene rings is 1. The Morgan fingerprint density at radius 3 is 2.18 bits per heavy atom. The van der Waals surface area contributed by atoms with Crippen LogP contribution in [0.25, 0.3) is 0 Å². The van der Waals surface area contributed by atoms with Crippen LogP contribution in [0.5, 0.6) is 0 Å². The number of rotatable bonds is 2. The maximum atomic E-state index is 12.4. The quantitative estimate of drug-likeness (QED) is 0.684. The molecular formula is C7H7ClF2Zn. The zero-order valence-electron chi connectivity index (χ0n) is 5.93. The Hall–Kier alpha value is -0.00662. The minimum atomic E-state index is -5.17. The van der Waals surface area contributed by atoms with E-state index in [0.717, 1.165) is 0 Å². The maximum absolute atomic E-state index is 12.4. The molecule has 4 heteroatoms.